The quantitative estimate of drug-likeness (QED) is 0.242. The van der Waals surface area contributed by atoms with Crippen molar-refractivity contribution < 1.29 is 19.1 Å². The molecule has 10 nitrogen and oxygen atoms in total. The molecular weight excluding hydrogens is 539 g/mol. The summed E-state index contributed by atoms with van der Waals surface area (Å²) in [6.45, 7) is 10.5. The minimum Gasteiger partial charge on any atom is -0.443 e. The Bertz CT molecular complexity index is 1490. The molecule has 3 aromatic heterocycles. The van der Waals surface area contributed by atoms with Crippen LogP contribution in [0, 0.1) is 0 Å². The molecule has 0 atom stereocenters. The van der Waals surface area contributed by atoms with Gasteiger partial charge in [0, 0.05) is 28.7 Å². The van der Waals surface area contributed by atoms with Crippen molar-refractivity contribution in [3.63, 3.8) is 0 Å². The summed E-state index contributed by atoms with van der Waals surface area (Å²) in [6.07, 6.45) is 1.61. The molecule has 1 aromatic carbocycles. The molecule has 4 rings (SSSR count). The van der Waals surface area contributed by atoms with E-state index >= 15 is 0 Å². The van der Waals surface area contributed by atoms with Crippen LogP contribution in [0.4, 0.5) is 20.4 Å². The second-order valence-corrected chi connectivity index (χ2v) is 11.4. The highest BCUT2D eigenvalue weighted by molar-refractivity contribution is 7.10. The monoisotopic (exact) mass is 562 g/mol. The molecule has 0 fully saturated rings. The summed E-state index contributed by atoms with van der Waals surface area (Å²) < 4.78 is 16.6. The number of aromatic nitrogens is 5. The number of carbonyl (C=O) groups is 2. The average molecular weight is 563 g/mol. The second kappa shape index (κ2) is 9.88. The molecule has 0 bridgehead atoms. The molecule has 194 valence electrons. The smallest absolute Gasteiger partial charge is 0.435 e. The maximum Gasteiger partial charge on any atom is 0.435 e. The molecule has 0 aliphatic heterocycles. The van der Waals surface area contributed by atoms with E-state index in [1.165, 1.54) is 17.3 Å². The Kier molecular flexibility index (Phi) is 7.15. The molecule has 4 aromatic rings. The van der Waals surface area contributed by atoms with Gasteiger partial charge in [0.05, 0.1) is 22.4 Å². The van der Waals surface area contributed by atoms with E-state index < -0.39 is 23.4 Å². The van der Waals surface area contributed by atoms with Crippen molar-refractivity contribution >= 4 is 68.6 Å². The number of rotatable bonds is 3. The predicted octanol–water partition coefficient (Wildman–Crippen LogP) is 7.11. The molecular formula is C24H24Cl2N6O4S. The van der Waals surface area contributed by atoms with Crippen LogP contribution in [0.25, 0.3) is 22.3 Å². The van der Waals surface area contributed by atoms with Gasteiger partial charge in [-0.05, 0) is 65.8 Å². The lowest BCUT2D eigenvalue weighted by Crippen LogP contribution is -2.34. The third-order valence-electron chi connectivity index (χ3n) is 4.64. The zero-order valence-corrected chi connectivity index (χ0v) is 23.3. The van der Waals surface area contributed by atoms with Crippen LogP contribution in [-0.4, -0.2) is 47.5 Å². The Morgan fingerprint density at radius 1 is 1.03 bits per heavy atom. The Morgan fingerprint density at radius 3 is 2.38 bits per heavy atom. The van der Waals surface area contributed by atoms with E-state index in [0.29, 0.717) is 22.3 Å². The molecule has 3 heterocycles. The van der Waals surface area contributed by atoms with Gasteiger partial charge in [-0.15, -0.1) is 0 Å². The molecule has 13 heteroatoms. The summed E-state index contributed by atoms with van der Waals surface area (Å²) in [5.41, 5.74) is -0.174. The fourth-order valence-electron chi connectivity index (χ4n) is 3.23. The van der Waals surface area contributed by atoms with Gasteiger partial charge in [-0.25, -0.2) is 19.5 Å². The maximum atomic E-state index is 13.4. The first-order valence-electron chi connectivity index (χ1n) is 11.1. The highest BCUT2D eigenvalue weighted by Gasteiger charge is 2.31. The molecule has 0 unspecified atom stereocenters. The number of ether oxygens (including phenoxy) is 2. The lowest BCUT2D eigenvalue weighted by molar-refractivity contribution is 0.0521. The lowest BCUT2D eigenvalue weighted by Gasteiger charge is -2.26. The summed E-state index contributed by atoms with van der Waals surface area (Å²) in [7, 11) is 0. The summed E-state index contributed by atoms with van der Waals surface area (Å²) >= 11 is 13.8. The van der Waals surface area contributed by atoms with Crippen LogP contribution in [0.3, 0.4) is 0 Å². The van der Waals surface area contributed by atoms with Crippen LogP contribution in [0.5, 0.6) is 0 Å². The normalized spacial score (nSPS) is 12.0. The Labute approximate surface area is 227 Å². The van der Waals surface area contributed by atoms with Crippen molar-refractivity contribution in [2.45, 2.75) is 52.7 Å². The molecule has 0 aliphatic carbocycles. The van der Waals surface area contributed by atoms with Crippen molar-refractivity contribution in [1.82, 2.24) is 24.1 Å². The summed E-state index contributed by atoms with van der Waals surface area (Å²) in [5.74, 6) is 0.354. The first-order chi connectivity index (χ1) is 17.2. The van der Waals surface area contributed by atoms with E-state index in [2.05, 4.69) is 19.4 Å². The lowest BCUT2D eigenvalue weighted by atomic mass is 10.2. The Balaban J connectivity index is 1.80. The Morgan fingerprint density at radius 2 is 1.73 bits per heavy atom. The van der Waals surface area contributed by atoms with Crippen molar-refractivity contribution in [3.8, 4) is 11.4 Å². The number of fused-ring (bicyclic) bond motifs is 1. The first kappa shape index (κ1) is 26.8. The molecule has 0 N–H and O–H groups in total. The van der Waals surface area contributed by atoms with Gasteiger partial charge in [0.2, 0.25) is 5.13 Å². The summed E-state index contributed by atoms with van der Waals surface area (Å²) in [4.78, 5) is 35.8. The van der Waals surface area contributed by atoms with Crippen molar-refractivity contribution in [2.24, 2.45) is 0 Å². The van der Waals surface area contributed by atoms with Crippen molar-refractivity contribution in [1.29, 1.82) is 0 Å². The van der Waals surface area contributed by atoms with Crippen LogP contribution < -0.4 is 4.90 Å². The van der Waals surface area contributed by atoms with E-state index in [1.54, 1.807) is 65.8 Å². The molecule has 1 amide bonds. The fraction of sp³-hybridized carbons (Fsp3) is 0.333. The third kappa shape index (κ3) is 6.00. The fourth-order valence-corrected chi connectivity index (χ4v) is 4.40. The highest BCUT2D eigenvalue weighted by atomic mass is 35.5. The van der Waals surface area contributed by atoms with Crippen LogP contribution in [0.2, 0.25) is 10.2 Å². The summed E-state index contributed by atoms with van der Waals surface area (Å²) in [6, 6.07) is 6.53. The maximum absolute atomic E-state index is 13.4. The van der Waals surface area contributed by atoms with Gasteiger partial charge in [0.1, 0.15) is 16.4 Å². The van der Waals surface area contributed by atoms with Gasteiger partial charge >= 0.3 is 12.2 Å². The number of hydrogen-bond donors (Lipinski definition) is 0. The van der Waals surface area contributed by atoms with Crippen molar-refractivity contribution in [2.75, 3.05) is 4.90 Å². The van der Waals surface area contributed by atoms with Gasteiger partial charge in [-0.2, -0.15) is 19.1 Å². The zero-order chi connectivity index (χ0) is 27.1. The number of nitrogens with zero attached hydrogens (tertiary/aromatic N) is 6. The number of carbonyl (C=O) groups excluding carboxylic acids is 2. The number of hydrogen-bond acceptors (Lipinski definition) is 9. The molecule has 0 saturated heterocycles. The molecule has 0 spiro atoms. The Hall–Kier alpha value is -3.28. The summed E-state index contributed by atoms with van der Waals surface area (Å²) in [5, 5.41) is 5.26. The van der Waals surface area contributed by atoms with Gasteiger partial charge in [-0.3, -0.25) is 0 Å². The average Bonchev–Trinajstić information content (AvgIpc) is 3.41. The largest absolute Gasteiger partial charge is 0.443 e. The number of anilines is 2. The minimum atomic E-state index is -0.792. The van der Waals surface area contributed by atoms with E-state index in [0.717, 1.165) is 16.2 Å². The topological polar surface area (TPSA) is 112 Å². The number of pyridine rings is 1. The van der Waals surface area contributed by atoms with Crippen LogP contribution in [0.1, 0.15) is 41.5 Å². The standard InChI is InChI=1S/C24H24Cl2N6O4S/c1-23(2,3)35-21(33)31(20-29-19(30-37-20)13-9-10-27-17(25)11-13)16-8-7-15-14(18(16)26)12-28-32(15)22(34)36-24(4,5)6/h7-12H,1-6H3. The van der Waals surface area contributed by atoms with Crippen molar-refractivity contribution in [3.05, 3.63) is 46.8 Å². The minimum absolute atomic E-state index is 0.168. The molecule has 37 heavy (non-hydrogen) atoms. The van der Waals surface area contributed by atoms with Gasteiger partial charge in [0.15, 0.2) is 5.82 Å². The highest BCUT2D eigenvalue weighted by Crippen LogP contribution is 2.39. The predicted molar refractivity (Wildman–Crippen MR) is 143 cm³/mol. The number of amides is 1. The molecule has 0 saturated carbocycles. The number of benzene rings is 1. The first-order valence-corrected chi connectivity index (χ1v) is 12.6. The van der Waals surface area contributed by atoms with Crippen LogP contribution >= 0.6 is 34.7 Å². The van der Waals surface area contributed by atoms with Gasteiger partial charge in [-0.1, -0.05) is 23.2 Å². The van der Waals surface area contributed by atoms with E-state index in [1.807, 2.05) is 0 Å². The number of halogens is 2. The zero-order valence-electron chi connectivity index (χ0n) is 20.9. The SMILES string of the molecule is CC(C)(C)OC(=O)N(c1nc(-c2ccnc(Cl)c2)ns1)c1ccc2c(cnn2C(=O)OC(C)(C)C)c1Cl. The molecule has 0 aliphatic rings. The van der Waals surface area contributed by atoms with Gasteiger partial charge in [0.25, 0.3) is 0 Å². The van der Waals surface area contributed by atoms with E-state index in [-0.39, 0.29) is 21.0 Å². The second-order valence-electron chi connectivity index (χ2n) is 9.95. The van der Waals surface area contributed by atoms with E-state index in [4.69, 9.17) is 32.7 Å². The van der Waals surface area contributed by atoms with Crippen LogP contribution in [0.15, 0.2) is 36.7 Å². The third-order valence-corrected chi connectivity index (χ3v) is 5.95. The molecule has 0 radical (unpaired) electrons. The van der Waals surface area contributed by atoms with Crippen LogP contribution in [-0.2, 0) is 9.47 Å². The van der Waals surface area contributed by atoms with Gasteiger partial charge < -0.3 is 9.47 Å². The van der Waals surface area contributed by atoms with E-state index in [9.17, 15) is 9.59 Å².